The number of hydrogen-bond donors (Lipinski definition) is 1. The van der Waals surface area contributed by atoms with Gasteiger partial charge in [0.1, 0.15) is 0 Å². The molecular weight excluding hydrogens is 72.0 g/mol. The van der Waals surface area contributed by atoms with Gasteiger partial charge in [-0.25, -0.2) is 0 Å². The maximum atomic E-state index is 7.35. The second-order valence-corrected chi connectivity index (χ2v) is 0.326. The second-order valence-electron chi connectivity index (χ2n) is 0.326. The molecule has 0 aliphatic rings. The van der Waals surface area contributed by atoms with Crippen LogP contribution in [0.5, 0.6) is 0 Å². The summed E-state index contributed by atoms with van der Waals surface area (Å²) in [5, 5.41) is 7.26. The normalized spacial score (nSPS) is 5.00. The van der Waals surface area contributed by atoms with E-state index < -0.39 is 0 Å². The number of rotatable bonds is 1. The highest BCUT2D eigenvalue weighted by Crippen LogP contribution is 1.36. The molecule has 0 heterocycles. The van der Waals surface area contributed by atoms with Gasteiger partial charge in [-0.2, -0.15) is 5.26 Å². The second kappa shape index (κ2) is 3.14. The lowest BCUT2D eigenvalue weighted by Crippen LogP contribution is -1.74. The van der Waals surface area contributed by atoms with Crippen LogP contribution in [0.2, 0.25) is 0 Å². The molecule has 0 saturated carbocycles. The Bertz CT molecular complexity index is 54.7. The first kappa shape index (κ1) is 4.14. The summed E-state index contributed by atoms with van der Waals surface area (Å²) >= 11 is 0. The van der Waals surface area contributed by atoms with Crippen molar-refractivity contribution in [1.29, 1.82) is 0 Å². The van der Waals surface area contributed by atoms with E-state index >= 15 is 0 Å². The van der Waals surface area contributed by atoms with Crippen LogP contribution in [0.3, 0.4) is 0 Å². The van der Waals surface area contributed by atoms with E-state index in [0.717, 1.165) is 0 Å². The Morgan fingerprint density at radius 3 is 2.60 bits per heavy atom. The average molecular weight is 74.0 g/mol. The van der Waals surface area contributed by atoms with E-state index in [-0.39, 0.29) is 0 Å². The van der Waals surface area contributed by atoms with Crippen molar-refractivity contribution >= 4 is 6.40 Å². The van der Waals surface area contributed by atoms with Crippen molar-refractivity contribution < 1.29 is 14.9 Å². The van der Waals surface area contributed by atoms with E-state index in [1.807, 2.05) is 0 Å². The minimum atomic E-state index is 0.486. The van der Waals surface area contributed by atoms with Crippen molar-refractivity contribution in [3.8, 4) is 0 Å². The standard InChI is InChI=1S/CH2N2O2/c2-3-1-5-4/h1,4H. The third kappa shape index (κ3) is 3.14. The van der Waals surface area contributed by atoms with E-state index in [9.17, 15) is 0 Å². The van der Waals surface area contributed by atoms with Crippen LogP contribution in [0.1, 0.15) is 0 Å². The van der Waals surface area contributed by atoms with Gasteiger partial charge in [-0.15, -0.1) is 4.79 Å². The molecule has 4 heteroatoms. The molecule has 1 N–H and O–H groups in total. The van der Waals surface area contributed by atoms with Crippen molar-refractivity contribution in [1.82, 2.24) is 0 Å². The summed E-state index contributed by atoms with van der Waals surface area (Å²) < 4.78 is 0. The molecule has 0 aliphatic heterocycles. The summed E-state index contributed by atoms with van der Waals surface area (Å²) in [6.45, 7) is 0. The predicted molar refractivity (Wildman–Crippen MR) is 13.4 cm³/mol. The molecule has 0 bridgehead atoms. The zero-order valence-electron chi connectivity index (χ0n) is 2.33. The van der Waals surface area contributed by atoms with Gasteiger partial charge in [0.05, 0.1) is 0 Å². The Morgan fingerprint density at radius 1 is 2.00 bits per heavy atom. The highest BCUT2D eigenvalue weighted by molar-refractivity contribution is 5.36. The molecule has 0 saturated heterocycles. The van der Waals surface area contributed by atoms with Gasteiger partial charge in [0.2, 0.25) is 0 Å². The van der Waals surface area contributed by atoms with Crippen LogP contribution in [-0.2, 0) is 4.89 Å². The highest BCUT2D eigenvalue weighted by Gasteiger charge is 1.59. The fourth-order valence-corrected chi connectivity index (χ4v) is 0.0211. The van der Waals surface area contributed by atoms with Crippen LogP contribution < -0.4 is 0 Å². The minimum absolute atomic E-state index is 0.486. The van der Waals surface area contributed by atoms with Gasteiger partial charge >= 0.3 is 6.40 Å². The Morgan fingerprint density at radius 2 is 2.60 bits per heavy atom. The lowest BCUT2D eigenvalue weighted by molar-refractivity contribution is -0.186. The largest absolute Gasteiger partial charge is 0.468 e. The van der Waals surface area contributed by atoms with Crippen molar-refractivity contribution in [3.05, 3.63) is 5.53 Å². The van der Waals surface area contributed by atoms with Crippen molar-refractivity contribution in [3.63, 3.8) is 0 Å². The molecule has 0 fully saturated rings. The quantitative estimate of drug-likeness (QED) is 0.116. The molecule has 28 valence electrons. The molecule has 0 radical (unpaired) electrons. The van der Waals surface area contributed by atoms with E-state index in [4.69, 9.17) is 10.8 Å². The van der Waals surface area contributed by atoms with Crippen LogP contribution in [0.25, 0.3) is 5.53 Å². The van der Waals surface area contributed by atoms with Gasteiger partial charge in [-0.3, -0.25) is 4.89 Å². The van der Waals surface area contributed by atoms with Gasteiger partial charge < -0.3 is 5.53 Å². The van der Waals surface area contributed by atoms with Crippen molar-refractivity contribution in [2.45, 2.75) is 0 Å². The summed E-state index contributed by atoms with van der Waals surface area (Å²) in [5.41, 5.74) is 7.35. The smallest absolute Gasteiger partial charge is 0.357 e. The first-order valence-electron chi connectivity index (χ1n) is 0.876. The third-order valence-corrected chi connectivity index (χ3v) is 0.0943. The molecule has 0 aromatic carbocycles. The molecule has 0 aliphatic carbocycles. The fourth-order valence-electron chi connectivity index (χ4n) is 0.0211. The van der Waals surface area contributed by atoms with Gasteiger partial charge in [0.25, 0.3) is 0 Å². The SMILES string of the molecule is [N-]=[N+]=COO. The minimum Gasteiger partial charge on any atom is -0.357 e. The predicted octanol–water partition coefficient (Wildman–Crippen LogP) is -0.266. The zero-order chi connectivity index (χ0) is 4.12. The van der Waals surface area contributed by atoms with Gasteiger partial charge in [0, 0.05) is 0 Å². The van der Waals surface area contributed by atoms with Crippen LogP contribution >= 0.6 is 0 Å². The summed E-state index contributed by atoms with van der Waals surface area (Å²) in [6, 6.07) is 0. The van der Waals surface area contributed by atoms with Crippen LogP contribution in [0.15, 0.2) is 0 Å². The molecule has 5 heavy (non-hydrogen) atoms. The fraction of sp³-hybridized carbons (Fsp3) is 0. The van der Waals surface area contributed by atoms with Crippen LogP contribution in [-0.4, -0.2) is 16.4 Å². The number of hydrogen-bond acceptors (Lipinski definition) is 2. The van der Waals surface area contributed by atoms with E-state index in [2.05, 4.69) is 9.68 Å². The summed E-state index contributed by atoms with van der Waals surface area (Å²) in [4.78, 5) is 5.41. The Kier molecular flexibility index (Phi) is 2.60. The monoisotopic (exact) mass is 74.0 g/mol. The topological polar surface area (TPSA) is 65.9 Å². The van der Waals surface area contributed by atoms with Gasteiger partial charge in [-0.05, 0) is 0 Å². The molecule has 0 amide bonds. The first-order valence-corrected chi connectivity index (χ1v) is 0.876. The molecule has 0 unspecified atom stereocenters. The summed E-state index contributed by atoms with van der Waals surface area (Å²) in [7, 11) is 0. The lowest BCUT2D eigenvalue weighted by Gasteiger charge is -1.60. The molecule has 0 atom stereocenters. The number of nitrogens with zero attached hydrogens (tertiary/aromatic N) is 2. The first-order chi connectivity index (χ1) is 2.41. The van der Waals surface area contributed by atoms with E-state index in [1.165, 1.54) is 0 Å². The van der Waals surface area contributed by atoms with Crippen molar-refractivity contribution in [2.24, 2.45) is 0 Å². The summed E-state index contributed by atoms with van der Waals surface area (Å²) in [5.74, 6) is 0. The lowest BCUT2D eigenvalue weighted by atomic mass is 11.6. The maximum absolute atomic E-state index is 7.35. The van der Waals surface area contributed by atoms with Crippen molar-refractivity contribution in [2.75, 3.05) is 0 Å². The molecule has 0 rings (SSSR count). The molecule has 0 aromatic heterocycles. The third-order valence-electron chi connectivity index (χ3n) is 0.0943. The van der Waals surface area contributed by atoms with Gasteiger partial charge in [-0.1, -0.05) is 0 Å². The molecular formula is CH2N2O2. The molecule has 4 nitrogen and oxygen atoms in total. The molecule has 0 spiro atoms. The average Bonchev–Trinajstić information content (AvgIpc) is 1.41. The van der Waals surface area contributed by atoms with Crippen LogP contribution in [0, 0.1) is 0 Å². The van der Waals surface area contributed by atoms with E-state index in [1.54, 1.807) is 0 Å². The summed E-state index contributed by atoms with van der Waals surface area (Å²) in [6.07, 6.45) is 0.486. The maximum Gasteiger partial charge on any atom is 0.468 e. The van der Waals surface area contributed by atoms with Crippen LogP contribution in [0.4, 0.5) is 0 Å². The Labute approximate surface area is 28.2 Å². The Balaban J connectivity index is 2.93. The Hall–Kier alpha value is -0.860. The molecule has 0 aromatic rings. The highest BCUT2D eigenvalue weighted by atomic mass is 17.1. The van der Waals surface area contributed by atoms with Gasteiger partial charge in [0.15, 0.2) is 0 Å². The van der Waals surface area contributed by atoms with E-state index in [0.29, 0.717) is 6.40 Å². The zero-order valence-corrected chi connectivity index (χ0v) is 2.33.